The van der Waals surface area contributed by atoms with Crippen LogP contribution in [0.1, 0.15) is 20.8 Å². The molecule has 4 nitrogen and oxygen atoms in total. The Morgan fingerprint density at radius 1 is 1.43 bits per heavy atom. The topological polar surface area (TPSA) is 49.8 Å². The van der Waals surface area contributed by atoms with Gasteiger partial charge in [0.2, 0.25) is 0 Å². The summed E-state index contributed by atoms with van der Waals surface area (Å²) in [5, 5.41) is 8.86. The minimum atomic E-state index is -0.756. The molecule has 0 bridgehead atoms. The molecular formula is C10H21NO3. The molecule has 14 heavy (non-hydrogen) atoms. The highest BCUT2D eigenvalue weighted by atomic mass is 16.5. The van der Waals surface area contributed by atoms with Crippen molar-refractivity contribution in [1.82, 2.24) is 4.90 Å². The Morgan fingerprint density at radius 2 is 1.93 bits per heavy atom. The zero-order valence-corrected chi connectivity index (χ0v) is 9.65. The van der Waals surface area contributed by atoms with E-state index in [0.717, 1.165) is 0 Å². The Hall–Kier alpha value is -0.610. The molecule has 0 spiro atoms. The molecule has 0 heterocycles. The quantitative estimate of drug-likeness (QED) is 0.701. The minimum Gasteiger partial charge on any atom is -0.481 e. The van der Waals surface area contributed by atoms with Crippen molar-refractivity contribution >= 4 is 5.97 Å². The average molecular weight is 203 g/mol. The molecule has 0 rings (SSSR count). The normalized spacial score (nSPS) is 17.9. The zero-order chi connectivity index (χ0) is 11.3. The summed E-state index contributed by atoms with van der Waals surface area (Å²) in [6, 6.07) is 0.245. The molecule has 0 aliphatic carbocycles. The van der Waals surface area contributed by atoms with E-state index in [0.29, 0.717) is 6.61 Å². The predicted octanol–water partition coefficient (Wildman–Crippen LogP) is 1.06. The van der Waals surface area contributed by atoms with Crippen LogP contribution in [0.15, 0.2) is 0 Å². The van der Waals surface area contributed by atoms with Crippen LogP contribution in [0.4, 0.5) is 0 Å². The fourth-order valence-electron chi connectivity index (χ4n) is 1.32. The van der Waals surface area contributed by atoms with Gasteiger partial charge in [-0.05, 0) is 20.9 Å². The smallest absolute Gasteiger partial charge is 0.307 e. The van der Waals surface area contributed by atoms with Crippen molar-refractivity contribution in [3.8, 4) is 0 Å². The number of hydrogen-bond donors (Lipinski definition) is 1. The van der Waals surface area contributed by atoms with Crippen LogP contribution in [0.25, 0.3) is 0 Å². The molecule has 0 fully saturated rings. The second-order valence-corrected chi connectivity index (χ2v) is 3.84. The van der Waals surface area contributed by atoms with Crippen LogP contribution in [-0.2, 0) is 9.53 Å². The maximum absolute atomic E-state index is 10.8. The molecule has 0 radical (unpaired) electrons. The zero-order valence-electron chi connectivity index (χ0n) is 9.65. The summed E-state index contributed by atoms with van der Waals surface area (Å²) in [4.78, 5) is 12.8. The van der Waals surface area contributed by atoms with Crippen molar-refractivity contribution in [1.29, 1.82) is 0 Å². The lowest BCUT2D eigenvalue weighted by Crippen LogP contribution is -2.44. The van der Waals surface area contributed by atoms with Gasteiger partial charge in [-0.25, -0.2) is 0 Å². The SMILES string of the molecule is COCC(C)N(C)C(C)C(C)C(=O)O. The van der Waals surface area contributed by atoms with Gasteiger partial charge in [0.05, 0.1) is 12.5 Å². The Kier molecular flexibility index (Phi) is 5.72. The first-order valence-electron chi connectivity index (χ1n) is 4.85. The second-order valence-electron chi connectivity index (χ2n) is 3.84. The van der Waals surface area contributed by atoms with E-state index in [1.165, 1.54) is 0 Å². The maximum Gasteiger partial charge on any atom is 0.307 e. The highest BCUT2D eigenvalue weighted by molar-refractivity contribution is 5.70. The number of hydrogen-bond acceptors (Lipinski definition) is 3. The van der Waals surface area contributed by atoms with Gasteiger partial charge in [-0.3, -0.25) is 9.69 Å². The summed E-state index contributed by atoms with van der Waals surface area (Å²) in [6.07, 6.45) is 0. The average Bonchev–Trinajstić information content (AvgIpc) is 2.14. The first-order valence-corrected chi connectivity index (χ1v) is 4.85. The van der Waals surface area contributed by atoms with Crippen LogP contribution in [-0.4, -0.2) is 48.8 Å². The van der Waals surface area contributed by atoms with E-state index in [4.69, 9.17) is 9.84 Å². The molecule has 0 aliphatic rings. The number of nitrogens with zero attached hydrogens (tertiary/aromatic N) is 1. The van der Waals surface area contributed by atoms with E-state index in [1.54, 1.807) is 14.0 Å². The highest BCUT2D eigenvalue weighted by Gasteiger charge is 2.25. The Labute approximate surface area is 85.9 Å². The van der Waals surface area contributed by atoms with Crippen molar-refractivity contribution in [2.75, 3.05) is 20.8 Å². The molecule has 0 amide bonds. The first-order chi connectivity index (χ1) is 6.41. The number of likely N-dealkylation sites (N-methyl/N-ethyl adjacent to an activating group) is 1. The van der Waals surface area contributed by atoms with Gasteiger partial charge < -0.3 is 9.84 Å². The van der Waals surface area contributed by atoms with E-state index in [9.17, 15) is 4.79 Å². The Balaban J connectivity index is 4.22. The van der Waals surface area contributed by atoms with Gasteiger partial charge in [0, 0.05) is 19.2 Å². The van der Waals surface area contributed by atoms with Crippen molar-refractivity contribution < 1.29 is 14.6 Å². The van der Waals surface area contributed by atoms with Crippen LogP contribution < -0.4 is 0 Å². The van der Waals surface area contributed by atoms with Gasteiger partial charge in [-0.2, -0.15) is 0 Å². The van der Waals surface area contributed by atoms with Gasteiger partial charge in [-0.1, -0.05) is 6.92 Å². The van der Waals surface area contributed by atoms with Crippen LogP contribution in [0.2, 0.25) is 0 Å². The van der Waals surface area contributed by atoms with Gasteiger partial charge in [0.25, 0.3) is 0 Å². The summed E-state index contributed by atoms with van der Waals surface area (Å²) >= 11 is 0. The van der Waals surface area contributed by atoms with Crippen LogP contribution in [0.3, 0.4) is 0 Å². The van der Waals surface area contributed by atoms with Crippen molar-refractivity contribution in [3.63, 3.8) is 0 Å². The molecule has 0 aromatic rings. The number of ether oxygens (including phenoxy) is 1. The lowest BCUT2D eigenvalue weighted by Gasteiger charge is -2.32. The number of aliphatic carboxylic acids is 1. The number of rotatable bonds is 6. The molecule has 0 saturated heterocycles. The third kappa shape index (κ3) is 3.64. The lowest BCUT2D eigenvalue weighted by molar-refractivity contribution is -0.143. The second kappa shape index (κ2) is 5.98. The number of carboxylic acid groups (broad SMARTS) is 1. The van der Waals surface area contributed by atoms with E-state index in [2.05, 4.69) is 0 Å². The molecule has 0 aromatic carbocycles. The fraction of sp³-hybridized carbons (Fsp3) is 0.900. The minimum absolute atomic E-state index is 0.0117. The van der Waals surface area contributed by atoms with Crippen LogP contribution >= 0.6 is 0 Å². The largest absolute Gasteiger partial charge is 0.481 e. The number of methoxy groups -OCH3 is 1. The number of carboxylic acids is 1. The molecule has 0 aliphatic heterocycles. The van der Waals surface area contributed by atoms with Gasteiger partial charge in [0.15, 0.2) is 0 Å². The first kappa shape index (κ1) is 13.4. The van der Waals surface area contributed by atoms with Crippen molar-refractivity contribution in [3.05, 3.63) is 0 Å². The molecule has 0 saturated carbocycles. The van der Waals surface area contributed by atoms with Crippen molar-refractivity contribution in [2.24, 2.45) is 5.92 Å². The summed E-state index contributed by atoms with van der Waals surface area (Å²) in [7, 11) is 3.57. The van der Waals surface area contributed by atoms with Gasteiger partial charge in [0.1, 0.15) is 0 Å². The molecule has 84 valence electrons. The third-order valence-corrected chi connectivity index (χ3v) is 2.86. The number of carbonyl (C=O) groups is 1. The van der Waals surface area contributed by atoms with Crippen molar-refractivity contribution in [2.45, 2.75) is 32.9 Å². The van der Waals surface area contributed by atoms with E-state index >= 15 is 0 Å². The summed E-state index contributed by atoms with van der Waals surface area (Å²) in [6.45, 7) is 6.29. The molecule has 3 atom stereocenters. The summed E-state index contributed by atoms with van der Waals surface area (Å²) < 4.78 is 5.03. The van der Waals surface area contributed by atoms with E-state index < -0.39 is 5.97 Å². The molecular weight excluding hydrogens is 182 g/mol. The van der Waals surface area contributed by atoms with Gasteiger partial charge in [-0.15, -0.1) is 0 Å². The Morgan fingerprint density at radius 3 is 2.29 bits per heavy atom. The summed E-state index contributed by atoms with van der Waals surface area (Å²) in [5.41, 5.74) is 0. The predicted molar refractivity (Wildman–Crippen MR) is 55.4 cm³/mol. The van der Waals surface area contributed by atoms with Crippen LogP contribution in [0, 0.1) is 5.92 Å². The standard InChI is InChI=1S/C10H21NO3/c1-7(6-14-5)11(4)9(3)8(2)10(12)13/h7-9H,6H2,1-5H3,(H,12,13). The Bertz CT molecular complexity index is 184. The van der Waals surface area contributed by atoms with Crippen LogP contribution in [0.5, 0.6) is 0 Å². The monoisotopic (exact) mass is 203 g/mol. The third-order valence-electron chi connectivity index (χ3n) is 2.86. The van der Waals surface area contributed by atoms with Gasteiger partial charge >= 0.3 is 5.97 Å². The maximum atomic E-state index is 10.8. The molecule has 0 aromatic heterocycles. The molecule has 1 N–H and O–H groups in total. The lowest BCUT2D eigenvalue weighted by atomic mass is 10.0. The fourth-order valence-corrected chi connectivity index (χ4v) is 1.32. The highest BCUT2D eigenvalue weighted by Crippen LogP contribution is 2.12. The molecule has 3 unspecified atom stereocenters. The molecule has 4 heteroatoms. The van der Waals surface area contributed by atoms with E-state index in [-0.39, 0.29) is 18.0 Å². The summed E-state index contributed by atoms with van der Waals surface area (Å²) in [5.74, 6) is -1.12. The van der Waals surface area contributed by atoms with E-state index in [1.807, 2.05) is 25.8 Å².